The summed E-state index contributed by atoms with van der Waals surface area (Å²) in [7, 11) is 0. The monoisotopic (exact) mass is 413 g/mol. The van der Waals surface area contributed by atoms with Crippen molar-refractivity contribution in [2.24, 2.45) is 0 Å². The van der Waals surface area contributed by atoms with Gasteiger partial charge in [0.15, 0.2) is 5.13 Å². The predicted molar refractivity (Wildman–Crippen MR) is 104 cm³/mol. The number of nitrogens with one attached hydrogen (secondary N) is 1. The zero-order valence-corrected chi connectivity index (χ0v) is 15.8. The lowest BCUT2D eigenvalue weighted by molar-refractivity contribution is -0.124. The van der Waals surface area contributed by atoms with Gasteiger partial charge in [0.2, 0.25) is 5.91 Å². The van der Waals surface area contributed by atoms with E-state index in [0.717, 1.165) is 40.6 Å². The van der Waals surface area contributed by atoms with Gasteiger partial charge < -0.3 is 5.32 Å². The Balaban J connectivity index is 1.55. The molecule has 0 unspecified atom stereocenters. The minimum absolute atomic E-state index is 0.0353. The Morgan fingerprint density at radius 1 is 1.20 bits per heavy atom. The van der Waals surface area contributed by atoms with Crippen molar-refractivity contribution in [3.05, 3.63) is 64.2 Å². The topological polar surface area (TPSA) is 54.9 Å². The Hall–Kier alpha value is -2.05. The third-order valence-corrected chi connectivity index (χ3v) is 6.01. The first kappa shape index (κ1) is 16.4. The number of carbonyl (C=O) groups is 1. The third kappa shape index (κ3) is 3.12. The third-order valence-electron chi connectivity index (χ3n) is 4.72. The normalized spacial score (nSPS) is 15.4. The van der Waals surface area contributed by atoms with Gasteiger partial charge in [0, 0.05) is 27.8 Å². The van der Waals surface area contributed by atoms with Gasteiger partial charge in [-0.15, -0.1) is 11.3 Å². The van der Waals surface area contributed by atoms with Crippen molar-refractivity contribution < 1.29 is 4.79 Å². The van der Waals surface area contributed by atoms with Crippen LogP contribution in [-0.2, 0) is 10.2 Å². The average Bonchev–Trinajstić information content (AvgIpc) is 3.05. The molecule has 0 bridgehead atoms. The fourth-order valence-corrected chi connectivity index (χ4v) is 4.12. The van der Waals surface area contributed by atoms with Crippen molar-refractivity contribution in [1.82, 2.24) is 9.97 Å². The van der Waals surface area contributed by atoms with E-state index in [0.29, 0.717) is 5.13 Å². The van der Waals surface area contributed by atoms with Gasteiger partial charge in [0.25, 0.3) is 0 Å². The molecule has 4 rings (SSSR count). The molecule has 0 aliphatic heterocycles. The number of thiazole rings is 1. The first-order chi connectivity index (χ1) is 12.2. The van der Waals surface area contributed by atoms with Gasteiger partial charge in [0.1, 0.15) is 0 Å². The highest BCUT2D eigenvalue weighted by Gasteiger charge is 2.45. The number of benzene rings is 1. The molecule has 2 aromatic heterocycles. The van der Waals surface area contributed by atoms with Crippen molar-refractivity contribution in [1.29, 1.82) is 0 Å². The molecule has 0 spiro atoms. The van der Waals surface area contributed by atoms with Crippen molar-refractivity contribution in [3.8, 4) is 11.3 Å². The van der Waals surface area contributed by atoms with Gasteiger partial charge in [-0.1, -0.05) is 34.5 Å². The molecule has 2 heterocycles. The molecule has 1 saturated carbocycles. The van der Waals surface area contributed by atoms with E-state index in [1.807, 2.05) is 41.8 Å². The SMILES string of the molecule is O=C(Nc1nc(-c2cccnc2)cs1)C1(c2ccc(Br)cc2)CCC1. The lowest BCUT2D eigenvalue weighted by atomic mass is 9.64. The maximum Gasteiger partial charge on any atom is 0.236 e. The van der Waals surface area contributed by atoms with E-state index in [2.05, 4.69) is 31.2 Å². The van der Waals surface area contributed by atoms with Gasteiger partial charge in [-0.2, -0.15) is 0 Å². The largest absolute Gasteiger partial charge is 0.301 e. The summed E-state index contributed by atoms with van der Waals surface area (Å²) in [4.78, 5) is 21.6. The Kier molecular flexibility index (Phi) is 4.39. The van der Waals surface area contributed by atoms with Crippen LogP contribution in [0.4, 0.5) is 5.13 Å². The van der Waals surface area contributed by atoms with Crippen LogP contribution in [0.15, 0.2) is 58.6 Å². The summed E-state index contributed by atoms with van der Waals surface area (Å²) in [5.74, 6) is 0.0353. The van der Waals surface area contributed by atoms with Crippen LogP contribution in [0.2, 0.25) is 0 Å². The highest BCUT2D eigenvalue weighted by atomic mass is 79.9. The number of anilines is 1. The predicted octanol–water partition coefficient (Wildman–Crippen LogP) is 5.03. The molecule has 0 saturated heterocycles. The number of carbonyl (C=O) groups excluding carboxylic acids is 1. The highest BCUT2D eigenvalue weighted by Crippen LogP contribution is 2.45. The summed E-state index contributed by atoms with van der Waals surface area (Å²) < 4.78 is 1.02. The minimum atomic E-state index is -0.430. The van der Waals surface area contributed by atoms with Crippen LogP contribution in [0.5, 0.6) is 0 Å². The van der Waals surface area contributed by atoms with Crippen LogP contribution >= 0.6 is 27.3 Å². The number of amides is 1. The average molecular weight is 414 g/mol. The fraction of sp³-hybridized carbons (Fsp3) is 0.211. The Morgan fingerprint density at radius 3 is 2.64 bits per heavy atom. The summed E-state index contributed by atoms with van der Waals surface area (Å²) in [6.07, 6.45) is 6.33. The van der Waals surface area contributed by atoms with Gasteiger partial charge in [-0.3, -0.25) is 9.78 Å². The second-order valence-corrected chi connectivity index (χ2v) is 7.95. The summed E-state index contributed by atoms with van der Waals surface area (Å²) in [5.41, 5.74) is 2.43. The number of nitrogens with zero attached hydrogens (tertiary/aromatic N) is 2. The van der Waals surface area contributed by atoms with E-state index in [1.54, 1.807) is 12.4 Å². The second-order valence-electron chi connectivity index (χ2n) is 6.18. The zero-order valence-electron chi connectivity index (χ0n) is 13.4. The lowest BCUT2D eigenvalue weighted by Crippen LogP contribution is -2.45. The summed E-state index contributed by atoms with van der Waals surface area (Å²) >= 11 is 4.90. The fourth-order valence-electron chi connectivity index (χ4n) is 3.14. The van der Waals surface area contributed by atoms with Crippen molar-refractivity contribution in [3.63, 3.8) is 0 Å². The first-order valence-corrected chi connectivity index (χ1v) is 9.78. The van der Waals surface area contributed by atoms with Crippen LogP contribution < -0.4 is 5.32 Å². The van der Waals surface area contributed by atoms with Crippen molar-refractivity contribution in [2.45, 2.75) is 24.7 Å². The summed E-state index contributed by atoms with van der Waals surface area (Å²) in [5, 5.41) is 5.60. The number of hydrogen-bond donors (Lipinski definition) is 1. The van der Waals surface area contributed by atoms with Crippen LogP contribution in [-0.4, -0.2) is 15.9 Å². The number of aromatic nitrogens is 2. The quantitative estimate of drug-likeness (QED) is 0.652. The van der Waals surface area contributed by atoms with Crippen molar-refractivity contribution >= 4 is 38.3 Å². The standard InChI is InChI=1S/C19H16BrN3OS/c20-15-6-4-14(5-7-15)19(8-2-9-19)17(24)23-18-22-16(12-25-18)13-3-1-10-21-11-13/h1,3-7,10-12H,2,8-9H2,(H,22,23,24). The van der Waals surface area contributed by atoms with Gasteiger partial charge in [-0.05, 0) is 42.7 Å². The Labute approximate surface area is 158 Å². The molecular formula is C19H16BrN3OS. The lowest BCUT2D eigenvalue weighted by Gasteiger charge is -2.40. The molecular weight excluding hydrogens is 398 g/mol. The summed E-state index contributed by atoms with van der Waals surface area (Å²) in [6, 6.07) is 11.9. The molecule has 25 heavy (non-hydrogen) atoms. The van der Waals surface area contributed by atoms with Gasteiger partial charge >= 0.3 is 0 Å². The van der Waals surface area contributed by atoms with E-state index >= 15 is 0 Å². The molecule has 0 atom stereocenters. The zero-order chi connectivity index (χ0) is 17.3. The number of rotatable bonds is 4. The van der Waals surface area contributed by atoms with Crippen LogP contribution in [0.25, 0.3) is 11.3 Å². The maximum absolute atomic E-state index is 13.0. The van der Waals surface area contributed by atoms with E-state index in [-0.39, 0.29) is 5.91 Å². The summed E-state index contributed by atoms with van der Waals surface area (Å²) in [6.45, 7) is 0. The number of pyridine rings is 1. The number of hydrogen-bond acceptors (Lipinski definition) is 4. The Bertz CT molecular complexity index is 889. The molecule has 1 fully saturated rings. The molecule has 1 aliphatic rings. The highest BCUT2D eigenvalue weighted by molar-refractivity contribution is 9.10. The molecule has 4 nitrogen and oxygen atoms in total. The molecule has 1 amide bonds. The molecule has 126 valence electrons. The van der Waals surface area contributed by atoms with Crippen LogP contribution in [0, 0.1) is 0 Å². The first-order valence-electron chi connectivity index (χ1n) is 8.11. The molecule has 6 heteroatoms. The van der Waals surface area contributed by atoms with E-state index < -0.39 is 5.41 Å². The van der Waals surface area contributed by atoms with E-state index in [4.69, 9.17) is 0 Å². The Morgan fingerprint density at radius 2 is 2.00 bits per heavy atom. The smallest absolute Gasteiger partial charge is 0.236 e. The molecule has 0 radical (unpaired) electrons. The van der Waals surface area contributed by atoms with Gasteiger partial charge in [0.05, 0.1) is 11.1 Å². The maximum atomic E-state index is 13.0. The van der Waals surface area contributed by atoms with Crippen LogP contribution in [0.3, 0.4) is 0 Å². The molecule has 1 N–H and O–H groups in total. The van der Waals surface area contributed by atoms with Crippen molar-refractivity contribution in [2.75, 3.05) is 5.32 Å². The van der Waals surface area contributed by atoms with Crippen LogP contribution in [0.1, 0.15) is 24.8 Å². The molecule has 3 aromatic rings. The van der Waals surface area contributed by atoms with E-state index in [1.165, 1.54) is 11.3 Å². The molecule has 1 aromatic carbocycles. The number of halogens is 1. The van der Waals surface area contributed by atoms with Gasteiger partial charge in [-0.25, -0.2) is 4.98 Å². The van der Waals surface area contributed by atoms with E-state index in [9.17, 15) is 4.79 Å². The molecule has 1 aliphatic carbocycles. The second kappa shape index (κ2) is 6.69. The minimum Gasteiger partial charge on any atom is -0.301 e.